The summed E-state index contributed by atoms with van der Waals surface area (Å²) in [6.07, 6.45) is -1.10. The first-order chi connectivity index (χ1) is 14.6. The number of benzene rings is 2. The van der Waals surface area contributed by atoms with Crippen LogP contribution in [0.2, 0.25) is 0 Å². The van der Waals surface area contributed by atoms with Crippen LogP contribution in [0.1, 0.15) is 17.0 Å². The lowest BCUT2D eigenvalue weighted by molar-refractivity contribution is -0.384. The number of anilines is 1. The monoisotopic (exact) mass is 444 g/mol. The molecule has 0 amide bonds. The van der Waals surface area contributed by atoms with Gasteiger partial charge in [-0.05, 0) is 45.0 Å². The highest BCUT2D eigenvalue weighted by molar-refractivity contribution is 7.92. The van der Waals surface area contributed by atoms with Crippen molar-refractivity contribution in [2.75, 3.05) is 10.8 Å². The van der Waals surface area contributed by atoms with Gasteiger partial charge in [0.05, 0.1) is 40.4 Å². The molecule has 1 atom stereocenters. The zero-order valence-electron chi connectivity index (χ0n) is 17.5. The van der Waals surface area contributed by atoms with Crippen molar-refractivity contribution in [1.29, 1.82) is 0 Å². The number of sulfonamides is 1. The zero-order valence-corrected chi connectivity index (χ0v) is 18.3. The van der Waals surface area contributed by atoms with Gasteiger partial charge in [0.15, 0.2) is 0 Å². The van der Waals surface area contributed by atoms with Crippen LogP contribution in [0.5, 0.6) is 0 Å². The van der Waals surface area contributed by atoms with Gasteiger partial charge in [-0.2, -0.15) is 5.10 Å². The third-order valence-corrected chi connectivity index (χ3v) is 6.61. The second-order valence-electron chi connectivity index (χ2n) is 7.39. The van der Waals surface area contributed by atoms with Crippen molar-refractivity contribution in [3.05, 3.63) is 81.7 Å². The van der Waals surface area contributed by atoms with Crippen molar-refractivity contribution in [1.82, 2.24) is 9.78 Å². The number of aromatic nitrogens is 2. The molecule has 164 valence electrons. The minimum Gasteiger partial charge on any atom is -0.389 e. The van der Waals surface area contributed by atoms with Crippen LogP contribution in [0.15, 0.2) is 59.5 Å². The average Bonchev–Trinajstić information content (AvgIpc) is 3.03. The largest absolute Gasteiger partial charge is 0.389 e. The van der Waals surface area contributed by atoms with Gasteiger partial charge in [0, 0.05) is 17.8 Å². The summed E-state index contributed by atoms with van der Waals surface area (Å²) < 4.78 is 29.4. The van der Waals surface area contributed by atoms with Crippen LogP contribution in [0.3, 0.4) is 0 Å². The third-order valence-electron chi connectivity index (χ3n) is 4.80. The quantitative estimate of drug-likeness (QED) is 0.421. The van der Waals surface area contributed by atoms with Gasteiger partial charge >= 0.3 is 0 Å². The lowest BCUT2D eigenvalue weighted by atomic mass is 10.2. The Bertz CT molecular complexity index is 1190. The van der Waals surface area contributed by atoms with Crippen LogP contribution in [-0.4, -0.2) is 40.9 Å². The smallest absolute Gasteiger partial charge is 0.271 e. The fourth-order valence-corrected chi connectivity index (χ4v) is 4.74. The molecule has 2 aromatic carbocycles. The Kier molecular flexibility index (Phi) is 6.42. The minimum absolute atomic E-state index is 0.0305. The molecule has 10 heteroatoms. The molecule has 9 nitrogen and oxygen atoms in total. The summed E-state index contributed by atoms with van der Waals surface area (Å²) >= 11 is 0. The molecule has 1 heterocycles. The van der Waals surface area contributed by atoms with Gasteiger partial charge in [0.1, 0.15) is 0 Å². The van der Waals surface area contributed by atoms with E-state index >= 15 is 0 Å². The van der Waals surface area contributed by atoms with Crippen molar-refractivity contribution in [3.63, 3.8) is 0 Å². The van der Waals surface area contributed by atoms with Crippen LogP contribution in [0.25, 0.3) is 0 Å². The Morgan fingerprint density at radius 1 is 1.13 bits per heavy atom. The predicted molar refractivity (Wildman–Crippen MR) is 117 cm³/mol. The van der Waals surface area contributed by atoms with Crippen molar-refractivity contribution >= 4 is 21.4 Å². The van der Waals surface area contributed by atoms with E-state index < -0.39 is 21.1 Å². The zero-order chi connectivity index (χ0) is 22.8. The summed E-state index contributed by atoms with van der Waals surface area (Å²) in [5.74, 6) is 0. The molecule has 0 bridgehead atoms. The Morgan fingerprint density at radius 2 is 1.81 bits per heavy atom. The molecule has 0 fully saturated rings. The fraction of sp³-hybridized carbons (Fsp3) is 0.286. The number of aryl methyl sites for hydroxylation is 3. The molecule has 0 saturated carbocycles. The summed E-state index contributed by atoms with van der Waals surface area (Å²) in [4.78, 5) is 10.7. The van der Waals surface area contributed by atoms with Crippen molar-refractivity contribution in [2.45, 2.75) is 38.3 Å². The number of nitro groups is 1. The number of hydrogen-bond donors (Lipinski definition) is 1. The molecular weight excluding hydrogens is 420 g/mol. The molecule has 0 aliphatic carbocycles. The highest BCUT2D eigenvalue weighted by Gasteiger charge is 2.28. The molecule has 0 aliphatic rings. The minimum atomic E-state index is -4.08. The highest BCUT2D eigenvalue weighted by atomic mass is 32.2. The molecule has 1 aromatic heterocycles. The molecule has 31 heavy (non-hydrogen) atoms. The average molecular weight is 445 g/mol. The normalized spacial score (nSPS) is 12.5. The number of nitrogens with zero attached hydrogens (tertiary/aromatic N) is 4. The number of rotatable bonds is 8. The van der Waals surface area contributed by atoms with Crippen LogP contribution in [0.4, 0.5) is 11.4 Å². The van der Waals surface area contributed by atoms with Crippen LogP contribution in [-0.2, 0) is 16.6 Å². The molecule has 0 saturated heterocycles. The van der Waals surface area contributed by atoms with Crippen LogP contribution < -0.4 is 4.31 Å². The lowest BCUT2D eigenvalue weighted by Gasteiger charge is -2.27. The SMILES string of the molecule is Cc1ccc(S(=O)(=O)N(C[C@H](O)Cn2nc(C)cc2C)c2cccc([N+](=O)[O-])c2)cc1. The van der Waals surface area contributed by atoms with Gasteiger partial charge in [0.25, 0.3) is 15.7 Å². The first kappa shape index (κ1) is 22.4. The Morgan fingerprint density at radius 3 is 2.39 bits per heavy atom. The van der Waals surface area contributed by atoms with E-state index in [9.17, 15) is 23.6 Å². The van der Waals surface area contributed by atoms with E-state index in [0.29, 0.717) is 0 Å². The van der Waals surface area contributed by atoms with Gasteiger partial charge in [-0.15, -0.1) is 0 Å². The number of aliphatic hydroxyl groups excluding tert-OH is 1. The van der Waals surface area contributed by atoms with Crippen LogP contribution >= 0.6 is 0 Å². The molecule has 0 radical (unpaired) electrons. The Labute approximate surface area is 180 Å². The van der Waals surface area contributed by atoms with E-state index in [0.717, 1.165) is 21.3 Å². The Hall–Kier alpha value is -3.24. The summed E-state index contributed by atoms with van der Waals surface area (Å²) in [5, 5.41) is 26.2. The first-order valence-electron chi connectivity index (χ1n) is 9.61. The van der Waals surface area contributed by atoms with Gasteiger partial charge in [0.2, 0.25) is 0 Å². The van der Waals surface area contributed by atoms with E-state index in [1.807, 2.05) is 26.8 Å². The van der Waals surface area contributed by atoms with Gasteiger partial charge in [-0.1, -0.05) is 23.8 Å². The van der Waals surface area contributed by atoms with E-state index in [2.05, 4.69) is 5.10 Å². The van der Waals surface area contributed by atoms with Crippen molar-refractivity contribution < 1.29 is 18.4 Å². The number of aliphatic hydroxyl groups is 1. The molecule has 0 aliphatic heterocycles. The molecule has 3 aromatic rings. The Balaban J connectivity index is 1.99. The number of nitro benzene ring substituents is 1. The highest BCUT2D eigenvalue weighted by Crippen LogP contribution is 2.27. The topological polar surface area (TPSA) is 119 Å². The van der Waals surface area contributed by atoms with Gasteiger partial charge < -0.3 is 5.11 Å². The summed E-state index contributed by atoms with van der Waals surface area (Å²) in [7, 11) is -4.08. The lowest BCUT2D eigenvalue weighted by Crippen LogP contribution is -2.39. The number of non-ortho nitro benzene ring substituents is 1. The molecule has 1 N–H and O–H groups in total. The molecular formula is C21H24N4O5S. The molecule has 3 rings (SSSR count). The standard InChI is InChI=1S/C21H24N4O5S/c1-15-7-9-21(10-8-15)31(29,30)24(18-5-4-6-19(12-18)25(27)28)14-20(26)13-23-17(3)11-16(2)22-23/h4-12,20,26H,13-14H2,1-3H3/t20-/m1/s1. The second kappa shape index (κ2) is 8.86. The predicted octanol–water partition coefficient (Wildman–Crippen LogP) is 2.97. The third kappa shape index (κ3) is 5.09. The molecule has 0 unspecified atom stereocenters. The maximum Gasteiger partial charge on any atom is 0.271 e. The van der Waals surface area contributed by atoms with Crippen LogP contribution in [0, 0.1) is 30.9 Å². The maximum absolute atomic E-state index is 13.4. The van der Waals surface area contributed by atoms with E-state index in [-0.39, 0.29) is 29.4 Å². The summed E-state index contributed by atoms with van der Waals surface area (Å²) in [6, 6.07) is 13.5. The van der Waals surface area contributed by atoms with E-state index in [4.69, 9.17) is 0 Å². The van der Waals surface area contributed by atoms with E-state index in [1.54, 1.807) is 16.8 Å². The summed E-state index contributed by atoms with van der Waals surface area (Å²) in [6.45, 7) is 5.29. The van der Waals surface area contributed by atoms with Gasteiger partial charge in [-0.3, -0.25) is 19.1 Å². The second-order valence-corrected chi connectivity index (χ2v) is 9.25. The van der Waals surface area contributed by atoms with Gasteiger partial charge in [-0.25, -0.2) is 8.42 Å². The molecule has 0 spiro atoms. The van der Waals surface area contributed by atoms with Crippen molar-refractivity contribution in [2.24, 2.45) is 0 Å². The number of hydrogen-bond acceptors (Lipinski definition) is 6. The van der Waals surface area contributed by atoms with E-state index in [1.165, 1.54) is 36.4 Å². The fourth-order valence-electron chi connectivity index (χ4n) is 3.25. The van der Waals surface area contributed by atoms with Crippen molar-refractivity contribution in [3.8, 4) is 0 Å². The first-order valence-corrected chi connectivity index (χ1v) is 11.0. The summed E-state index contributed by atoms with van der Waals surface area (Å²) in [5.41, 5.74) is 2.37. The maximum atomic E-state index is 13.4.